The summed E-state index contributed by atoms with van der Waals surface area (Å²) in [6.45, 7) is 6.14. The van der Waals surface area contributed by atoms with E-state index in [0.29, 0.717) is 16.7 Å². The predicted molar refractivity (Wildman–Crippen MR) is 70.0 cm³/mol. The van der Waals surface area contributed by atoms with Gasteiger partial charge in [0.25, 0.3) is 0 Å². The number of hydrogen-bond acceptors (Lipinski definition) is 5. The minimum absolute atomic E-state index is 0.00929. The zero-order valence-corrected chi connectivity index (χ0v) is 11.8. The highest BCUT2D eigenvalue weighted by molar-refractivity contribution is 5.80. The van der Waals surface area contributed by atoms with Crippen LogP contribution in [0.25, 0.3) is 0 Å². The van der Waals surface area contributed by atoms with Gasteiger partial charge in [-0.1, -0.05) is 0 Å². The molecule has 1 aliphatic heterocycles. The van der Waals surface area contributed by atoms with E-state index in [1.54, 1.807) is 20.8 Å². The van der Waals surface area contributed by atoms with Crippen molar-refractivity contribution in [3.8, 4) is 11.5 Å². The number of aromatic hydroxyl groups is 1. The number of carbonyl (C=O) groups is 1. The van der Waals surface area contributed by atoms with E-state index in [1.807, 2.05) is 0 Å². The molecule has 1 aromatic carbocycles. The van der Waals surface area contributed by atoms with Crippen molar-refractivity contribution in [3.05, 3.63) is 22.3 Å². The smallest absolute Gasteiger partial charge is 0.350 e. The molecular formula is C14H18O6. The molecule has 1 aliphatic rings. The second-order valence-electron chi connectivity index (χ2n) is 5.37. The van der Waals surface area contributed by atoms with E-state index in [2.05, 4.69) is 0 Å². The molecule has 4 N–H and O–H groups in total. The highest BCUT2D eigenvalue weighted by Crippen LogP contribution is 2.47. The van der Waals surface area contributed by atoms with Crippen LogP contribution in [0.1, 0.15) is 35.3 Å². The summed E-state index contributed by atoms with van der Waals surface area (Å²) in [4.78, 5) is 11.3. The molecule has 1 heterocycles. The van der Waals surface area contributed by atoms with Crippen LogP contribution >= 0.6 is 0 Å². The SMILES string of the molecule is Cc1c(C)c2c(c(C)c1O)C(O)[C@H](O)[C@](C)(C(=O)O)O2. The number of phenolic OH excluding ortho intramolecular Hbond substituents is 1. The maximum Gasteiger partial charge on any atom is 0.350 e. The summed E-state index contributed by atoms with van der Waals surface area (Å²) in [6.07, 6.45) is -3.07. The fourth-order valence-electron chi connectivity index (χ4n) is 2.52. The van der Waals surface area contributed by atoms with E-state index >= 15 is 0 Å². The molecule has 0 aliphatic carbocycles. The van der Waals surface area contributed by atoms with Gasteiger partial charge in [0.05, 0.1) is 0 Å². The molecule has 0 spiro atoms. The zero-order chi connectivity index (χ0) is 15.4. The van der Waals surface area contributed by atoms with Crippen LogP contribution in [0.5, 0.6) is 11.5 Å². The third kappa shape index (κ3) is 1.68. The number of aliphatic carboxylic acids is 1. The summed E-state index contributed by atoms with van der Waals surface area (Å²) in [5.41, 5.74) is -0.231. The maximum atomic E-state index is 11.3. The van der Waals surface area contributed by atoms with E-state index in [9.17, 15) is 25.2 Å². The summed E-state index contributed by atoms with van der Waals surface area (Å²) < 4.78 is 5.49. The largest absolute Gasteiger partial charge is 0.507 e. The Morgan fingerprint density at radius 1 is 1.15 bits per heavy atom. The van der Waals surface area contributed by atoms with Crippen LogP contribution in [0.4, 0.5) is 0 Å². The number of phenols is 1. The molecule has 0 saturated carbocycles. The van der Waals surface area contributed by atoms with Gasteiger partial charge in [0.1, 0.15) is 23.7 Å². The molecule has 1 aromatic rings. The summed E-state index contributed by atoms with van der Waals surface area (Å²) in [7, 11) is 0. The maximum absolute atomic E-state index is 11.3. The van der Waals surface area contributed by atoms with Crippen molar-refractivity contribution in [3.63, 3.8) is 0 Å². The normalized spacial score (nSPS) is 28.7. The Labute approximate surface area is 116 Å². The van der Waals surface area contributed by atoms with Gasteiger partial charge in [-0.2, -0.15) is 0 Å². The molecule has 20 heavy (non-hydrogen) atoms. The number of fused-ring (bicyclic) bond motifs is 1. The van der Waals surface area contributed by atoms with Crippen molar-refractivity contribution < 1.29 is 30.0 Å². The lowest BCUT2D eigenvalue weighted by Crippen LogP contribution is -2.57. The van der Waals surface area contributed by atoms with Gasteiger partial charge in [-0.3, -0.25) is 0 Å². The number of ether oxygens (including phenoxy) is 1. The molecular weight excluding hydrogens is 264 g/mol. The fraction of sp³-hybridized carbons (Fsp3) is 0.500. The van der Waals surface area contributed by atoms with Crippen molar-refractivity contribution in [2.75, 3.05) is 0 Å². The van der Waals surface area contributed by atoms with Crippen LogP contribution in [0.3, 0.4) is 0 Å². The average molecular weight is 282 g/mol. The number of aliphatic hydroxyl groups is 2. The Morgan fingerprint density at radius 2 is 1.70 bits per heavy atom. The number of carboxylic acids is 1. The van der Waals surface area contributed by atoms with Crippen molar-refractivity contribution in [2.24, 2.45) is 0 Å². The molecule has 0 fully saturated rings. The monoisotopic (exact) mass is 282 g/mol. The predicted octanol–water partition coefficient (Wildman–Crippen LogP) is 0.947. The van der Waals surface area contributed by atoms with Crippen molar-refractivity contribution in [1.82, 2.24) is 0 Å². The van der Waals surface area contributed by atoms with Gasteiger partial charge in [-0.15, -0.1) is 0 Å². The molecule has 6 nitrogen and oxygen atoms in total. The Morgan fingerprint density at radius 3 is 2.20 bits per heavy atom. The molecule has 0 radical (unpaired) electrons. The lowest BCUT2D eigenvalue weighted by molar-refractivity contribution is -0.178. The van der Waals surface area contributed by atoms with E-state index in [0.717, 1.165) is 0 Å². The van der Waals surface area contributed by atoms with Crippen LogP contribution in [0, 0.1) is 20.8 Å². The fourth-order valence-corrected chi connectivity index (χ4v) is 2.52. The summed E-state index contributed by atoms with van der Waals surface area (Å²) in [6, 6.07) is 0. The standard InChI is InChI=1S/C14H18O6/c1-5-6(2)11-8(7(3)9(5)15)10(16)12(17)14(4,20-11)13(18)19/h10,12,15-17H,1-4H3,(H,18,19)/t10?,12-,14+/m0/s1. The lowest BCUT2D eigenvalue weighted by Gasteiger charge is -2.41. The third-order valence-electron chi connectivity index (χ3n) is 4.16. The van der Waals surface area contributed by atoms with Crippen molar-refractivity contribution in [2.45, 2.75) is 45.5 Å². The van der Waals surface area contributed by atoms with Crippen LogP contribution < -0.4 is 4.74 Å². The summed E-state index contributed by atoms with van der Waals surface area (Å²) in [5, 5.41) is 39.6. The molecule has 3 atom stereocenters. The Hall–Kier alpha value is -1.79. The number of rotatable bonds is 1. The minimum atomic E-state index is -1.94. The molecule has 1 unspecified atom stereocenters. The highest BCUT2D eigenvalue weighted by atomic mass is 16.5. The van der Waals surface area contributed by atoms with Gasteiger partial charge >= 0.3 is 5.97 Å². The van der Waals surface area contributed by atoms with Gasteiger partial charge in [-0.05, 0) is 38.8 Å². The summed E-state index contributed by atoms with van der Waals surface area (Å²) >= 11 is 0. The van der Waals surface area contributed by atoms with E-state index in [4.69, 9.17) is 4.74 Å². The third-order valence-corrected chi connectivity index (χ3v) is 4.16. The first-order chi connectivity index (χ1) is 9.12. The topological polar surface area (TPSA) is 107 Å². The number of carboxylic acid groups (broad SMARTS) is 1. The van der Waals surface area contributed by atoms with Gasteiger partial charge in [0.15, 0.2) is 0 Å². The molecule has 0 aromatic heterocycles. The average Bonchev–Trinajstić information content (AvgIpc) is 2.39. The first-order valence-corrected chi connectivity index (χ1v) is 6.24. The molecule has 110 valence electrons. The molecule has 0 saturated heterocycles. The molecule has 6 heteroatoms. The van der Waals surface area contributed by atoms with Gasteiger partial charge in [-0.25, -0.2) is 4.79 Å². The Bertz CT molecular complexity index is 594. The second-order valence-corrected chi connectivity index (χ2v) is 5.37. The Balaban J connectivity index is 2.76. The van der Waals surface area contributed by atoms with E-state index < -0.39 is 23.8 Å². The number of benzene rings is 1. The van der Waals surface area contributed by atoms with Crippen molar-refractivity contribution >= 4 is 5.97 Å². The van der Waals surface area contributed by atoms with Gasteiger partial charge < -0.3 is 25.2 Å². The van der Waals surface area contributed by atoms with Crippen LogP contribution in [0.2, 0.25) is 0 Å². The van der Waals surface area contributed by atoms with Gasteiger partial charge in [0, 0.05) is 11.1 Å². The van der Waals surface area contributed by atoms with E-state index in [1.165, 1.54) is 6.92 Å². The van der Waals surface area contributed by atoms with Crippen LogP contribution in [-0.2, 0) is 4.79 Å². The first-order valence-electron chi connectivity index (χ1n) is 6.24. The number of aliphatic hydroxyl groups excluding tert-OH is 2. The Kier molecular flexibility index (Phi) is 3.19. The summed E-state index contributed by atoms with van der Waals surface area (Å²) in [5.74, 6) is -1.15. The van der Waals surface area contributed by atoms with Crippen LogP contribution in [0.15, 0.2) is 0 Å². The quantitative estimate of drug-likeness (QED) is 0.611. The molecule has 0 amide bonds. The van der Waals surface area contributed by atoms with Gasteiger partial charge in [0.2, 0.25) is 5.60 Å². The second kappa shape index (κ2) is 4.36. The number of hydrogen-bond donors (Lipinski definition) is 4. The van der Waals surface area contributed by atoms with Crippen LogP contribution in [-0.4, -0.2) is 38.1 Å². The lowest BCUT2D eigenvalue weighted by atomic mass is 9.83. The molecule has 2 rings (SSSR count). The minimum Gasteiger partial charge on any atom is -0.507 e. The van der Waals surface area contributed by atoms with Crippen molar-refractivity contribution in [1.29, 1.82) is 0 Å². The molecule has 0 bridgehead atoms. The van der Waals surface area contributed by atoms with E-state index in [-0.39, 0.29) is 17.1 Å². The first kappa shape index (κ1) is 14.6. The zero-order valence-electron chi connectivity index (χ0n) is 11.8. The highest BCUT2D eigenvalue weighted by Gasteiger charge is 2.52.